The van der Waals surface area contributed by atoms with E-state index in [0.29, 0.717) is 25.0 Å². The third kappa shape index (κ3) is 4.69. The van der Waals surface area contributed by atoms with E-state index in [-0.39, 0.29) is 11.3 Å². The summed E-state index contributed by atoms with van der Waals surface area (Å²) in [7, 11) is 0. The fraction of sp³-hybridized carbons (Fsp3) is 0.360. The number of para-hydroxylation sites is 1. The molecule has 0 spiro atoms. The average molecular weight is 476 g/mol. The van der Waals surface area contributed by atoms with Gasteiger partial charge in [0.15, 0.2) is 0 Å². The number of hydroxylamine groups is 1. The molecule has 4 heterocycles. The van der Waals surface area contributed by atoms with Crippen LogP contribution in [0.2, 0.25) is 0 Å². The highest BCUT2D eigenvalue weighted by Crippen LogP contribution is 2.23. The quantitative estimate of drug-likeness (QED) is 0.279. The number of imidazole rings is 1. The predicted molar refractivity (Wildman–Crippen MR) is 132 cm³/mol. The molecule has 1 aromatic carbocycles. The van der Waals surface area contributed by atoms with Crippen LogP contribution in [0, 0.1) is 12.8 Å². The Labute approximate surface area is 202 Å². The van der Waals surface area contributed by atoms with Gasteiger partial charge in [-0.3, -0.25) is 19.1 Å². The first-order valence-electron chi connectivity index (χ1n) is 11.9. The number of amides is 1. The van der Waals surface area contributed by atoms with E-state index in [1.807, 2.05) is 29.1 Å². The van der Waals surface area contributed by atoms with Crippen LogP contribution in [0.1, 0.15) is 34.5 Å². The SMILES string of the molecule is Cc1[nH]c2ccccc2c1CCn1ccn(CC2CCN(c3ncc(C(=O)NO)cn3)CC2)c1=O. The maximum absolute atomic E-state index is 13.0. The zero-order chi connectivity index (χ0) is 24.4. The number of piperidine rings is 1. The minimum Gasteiger partial charge on any atom is -0.358 e. The van der Waals surface area contributed by atoms with Gasteiger partial charge in [-0.05, 0) is 43.7 Å². The lowest BCUT2D eigenvalue weighted by Crippen LogP contribution is -2.37. The summed E-state index contributed by atoms with van der Waals surface area (Å²) in [6.07, 6.45) is 9.24. The zero-order valence-electron chi connectivity index (χ0n) is 19.6. The van der Waals surface area contributed by atoms with E-state index in [0.717, 1.165) is 43.6 Å². The number of H-pyrrole nitrogens is 1. The highest BCUT2D eigenvalue weighted by atomic mass is 16.5. The summed E-state index contributed by atoms with van der Waals surface area (Å²) in [6.45, 7) is 4.99. The number of rotatable bonds is 7. The van der Waals surface area contributed by atoms with Crippen LogP contribution in [0.15, 0.2) is 53.8 Å². The maximum atomic E-state index is 13.0. The van der Waals surface area contributed by atoms with E-state index >= 15 is 0 Å². The normalized spacial score (nSPS) is 14.5. The van der Waals surface area contributed by atoms with E-state index in [2.05, 4.69) is 38.9 Å². The van der Waals surface area contributed by atoms with Crippen molar-refractivity contribution in [3.05, 3.63) is 76.4 Å². The number of aromatic amines is 1. The summed E-state index contributed by atoms with van der Waals surface area (Å²) in [5, 5.41) is 9.93. The monoisotopic (exact) mass is 475 g/mol. The second-order valence-electron chi connectivity index (χ2n) is 9.09. The number of aryl methyl sites for hydroxylation is 3. The molecule has 3 aromatic heterocycles. The number of aromatic nitrogens is 5. The lowest BCUT2D eigenvalue weighted by molar-refractivity contribution is 0.0705. The Morgan fingerprint density at radius 1 is 1.14 bits per heavy atom. The smallest absolute Gasteiger partial charge is 0.328 e. The first kappa shape index (κ1) is 22.9. The van der Waals surface area contributed by atoms with Gasteiger partial charge in [0.2, 0.25) is 5.95 Å². The predicted octanol–water partition coefficient (Wildman–Crippen LogP) is 2.51. The van der Waals surface area contributed by atoms with Crippen molar-refractivity contribution < 1.29 is 10.0 Å². The van der Waals surface area contributed by atoms with Gasteiger partial charge in [-0.2, -0.15) is 0 Å². The Morgan fingerprint density at radius 2 is 1.86 bits per heavy atom. The van der Waals surface area contributed by atoms with Crippen LogP contribution in [0.3, 0.4) is 0 Å². The molecule has 1 saturated heterocycles. The Hall–Kier alpha value is -3.92. The average Bonchev–Trinajstić information content (AvgIpc) is 3.40. The number of hydrogen-bond donors (Lipinski definition) is 3. The highest BCUT2D eigenvalue weighted by Gasteiger charge is 2.22. The summed E-state index contributed by atoms with van der Waals surface area (Å²) in [4.78, 5) is 38.4. The molecule has 0 bridgehead atoms. The van der Waals surface area contributed by atoms with Crippen LogP contribution in [0.25, 0.3) is 10.9 Å². The Morgan fingerprint density at radius 3 is 2.60 bits per heavy atom. The molecular weight excluding hydrogens is 446 g/mol. The summed E-state index contributed by atoms with van der Waals surface area (Å²) in [6, 6.07) is 8.28. The van der Waals surface area contributed by atoms with Crippen LogP contribution < -0.4 is 16.1 Å². The van der Waals surface area contributed by atoms with Crippen molar-refractivity contribution in [2.45, 2.75) is 39.3 Å². The summed E-state index contributed by atoms with van der Waals surface area (Å²) in [5.41, 5.74) is 5.36. The number of anilines is 1. The number of hydrogen-bond acceptors (Lipinski definition) is 6. The van der Waals surface area contributed by atoms with Crippen molar-refractivity contribution in [3.63, 3.8) is 0 Å². The van der Waals surface area contributed by atoms with Crippen molar-refractivity contribution in [2.24, 2.45) is 5.92 Å². The van der Waals surface area contributed by atoms with E-state index in [4.69, 9.17) is 5.21 Å². The number of benzene rings is 1. The molecule has 182 valence electrons. The van der Waals surface area contributed by atoms with E-state index in [1.165, 1.54) is 23.3 Å². The molecule has 3 N–H and O–H groups in total. The molecular formula is C25H29N7O3. The molecule has 35 heavy (non-hydrogen) atoms. The Bertz CT molecular complexity index is 1380. The Kier molecular flexibility index (Phi) is 6.37. The largest absolute Gasteiger partial charge is 0.358 e. The summed E-state index contributed by atoms with van der Waals surface area (Å²) >= 11 is 0. The van der Waals surface area contributed by atoms with Gasteiger partial charge in [-0.1, -0.05) is 18.2 Å². The number of carbonyl (C=O) groups excluding carboxylic acids is 1. The minimum absolute atomic E-state index is 0.0333. The molecule has 1 fully saturated rings. The fourth-order valence-corrected chi connectivity index (χ4v) is 4.91. The molecule has 10 heteroatoms. The van der Waals surface area contributed by atoms with Crippen LogP contribution in [-0.2, 0) is 19.5 Å². The Balaban J connectivity index is 1.17. The number of carbonyl (C=O) groups is 1. The topological polar surface area (TPSA) is 121 Å². The standard InChI is InChI=1S/C25H29N7O3/c1-17-20(21-4-2-3-5-22(21)28-17)8-11-31-12-13-32(25(31)34)16-18-6-9-30(10-7-18)24-26-14-19(15-27-24)23(33)29-35/h2-5,12-15,18,28,35H,6-11,16H2,1H3,(H,29,33). The second-order valence-corrected chi connectivity index (χ2v) is 9.09. The van der Waals surface area contributed by atoms with Gasteiger partial charge >= 0.3 is 5.69 Å². The van der Waals surface area contributed by atoms with Gasteiger partial charge in [0, 0.05) is 67.6 Å². The van der Waals surface area contributed by atoms with Crippen molar-refractivity contribution in [3.8, 4) is 0 Å². The highest BCUT2D eigenvalue weighted by molar-refractivity contribution is 5.92. The molecule has 0 unspecified atom stereocenters. The van der Waals surface area contributed by atoms with Gasteiger partial charge < -0.3 is 9.88 Å². The molecule has 0 atom stereocenters. The third-order valence-electron chi connectivity index (χ3n) is 6.90. The van der Waals surface area contributed by atoms with Crippen LogP contribution in [0.4, 0.5) is 5.95 Å². The molecule has 0 aliphatic carbocycles. The first-order chi connectivity index (χ1) is 17.0. The summed E-state index contributed by atoms with van der Waals surface area (Å²) < 4.78 is 3.62. The number of nitrogens with zero attached hydrogens (tertiary/aromatic N) is 5. The zero-order valence-corrected chi connectivity index (χ0v) is 19.6. The maximum Gasteiger partial charge on any atom is 0.328 e. The fourth-order valence-electron chi connectivity index (χ4n) is 4.91. The molecule has 10 nitrogen and oxygen atoms in total. The van der Waals surface area contributed by atoms with Crippen LogP contribution >= 0.6 is 0 Å². The number of nitrogens with one attached hydrogen (secondary N) is 2. The van der Waals surface area contributed by atoms with Gasteiger partial charge in [-0.25, -0.2) is 20.2 Å². The molecule has 0 saturated carbocycles. The van der Waals surface area contributed by atoms with Gasteiger partial charge in [0.25, 0.3) is 5.91 Å². The molecule has 0 radical (unpaired) electrons. The molecule has 1 amide bonds. The lowest BCUT2D eigenvalue weighted by Gasteiger charge is -2.32. The van der Waals surface area contributed by atoms with E-state index in [1.54, 1.807) is 10.0 Å². The van der Waals surface area contributed by atoms with Crippen molar-refractivity contribution in [1.29, 1.82) is 0 Å². The van der Waals surface area contributed by atoms with Crippen molar-refractivity contribution in [1.82, 2.24) is 29.6 Å². The van der Waals surface area contributed by atoms with Crippen LogP contribution in [0.5, 0.6) is 0 Å². The third-order valence-corrected chi connectivity index (χ3v) is 6.90. The second kappa shape index (κ2) is 9.75. The first-order valence-corrected chi connectivity index (χ1v) is 11.9. The molecule has 5 rings (SSSR count). The van der Waals surface area contributed by atoms with Crippen molar-refractivity contribution >= 4 is 22.8 Å². The lowest BCUT2D eigenvalue weighted by atomic mass is 9.97. The van der Waals surface area contributed by atoms with E-state index in [9.17, 15) is 9.59 Å². The summed E-state index contributed by atoms with van der Waals surface area (Å²) in [5.74, 6) is 0.327. The molecule has 4 aromatic rings. The molecule has 1 aliphatic heterocycles. The van der Waals surface area contributed by atoms with Crippen LogP contribution in [-0.4, -0.2) is 48.3 Å². The minimum atomic E-state index is -0.635. The molecule has 1 aliphatic rings. The van der Waals surface area contributed by atoms with E-state index < -0.39 is 5.91 Å². The number of fused-ring (bicyclic) bond motifs is 1. The van der Waals surface area contributed by atoms with Gasteiger partial charge in [0.05, 0.1) is 5.56 Å². The van der Waals surface area contributed by atoms with Gasteiger partial charge in [-0.15, -0.1) is 0 Å². The van der Waals surface area contributed by atoms with Gasteiger partial charge in [0.1, 0.15) is 0 Å². The van der Waals surface area contributed by atoms with Crippen molar-refractivity contribution in [2.75, 3.05) is 18.0 Å².